The average molecular weight is 272 g/mol. The van der Waals surface area contributed by atoms with Crippen LogP contribution in [0.2, 0.25) is 0 Å². The second kappa shape index (κ2) is 5.99. The van der Waals surface area contributed by atoms with E-state index in [-0.39, 0.29) is 17.3 Å². The van der Waals surface area contributed by atoms with Crippen LogP contribution in [0.25, 0.3) is 0 Å². The van der Waals surface area contributed by atoms with Gasteiger partial charge in [-0.1, -0.05) is 56.0 Å². The highest BCUT2D eigenvalue weighted by Crippen LogP contribution is 2.53. The summed E-state index contributed by atoms with van der Waals surface area (Å²) in [6, 6.07) is 9.98. The van der Waals surface area contributed by atoms with Crippen LogP contribution in [0, 0.1) is 11.3 Å². The Morgan fingerprint density at radius 1 is 1.05 bits per heavy atom. The first-order chi connectivity index (χ1) is 9.80. The lowest BCUT2D eigenvalue weighted by atomic mass is 9.67. The molecular formula is C18H24O2. The Bertz CT molecular complexity index is 446. The minimum atomic E-state index is 0.0493. The Kier molecular flexibility index (Phi) is 4.09. The largest absolute Gasteiger partial charge is 0.461 e. The lowest BCUT2D eigenvalue weighted by Crippen LogP contribution is -2.34. The summed E-state index contributed by atoms with van der Waals surface area (Å²) in [7, 11) is 0. The normalized spacial score (nSPS) is 24.7. The Balaban J connectivity index is 1.61. The van der Waals surface area contributed by atoms with Crippen LogP contribution in [0.3, 0.4) is 0 Å². The molecule has 0 N–H and O–H groups in total. The van der Waals surface area contributed by atoms with Crippen molar-refractivity contribution >= 4 is 5.97 Å². The first-order valence-corrected chi connectivity index (χ1v) is 8.01. The molecule has 2 heteroatoms. The van der Waals surface area contributed by atoms with Gasteiger partial charge in [-0.2, -0.15) is 0 Å². The first-order valence-electron chi connectivity index (χ1n) is 8.01. The van der Waals surface area contributed by atoms with Crippen molar-refractivity contribution in [2.45, 2.75) is 58.0 Å². The van der Waals surface area contributed by atoms with Gasteiger partial charge in [-0.3, -0.25) is 4.79 Å². The van der Waals surface area contributed by atoms with E-state index < -0.39 is 0 Å². The summed E-state index contributed by atoms with van der Waals surface area (Å²) in [6.45, 7) is 0.423. The smallest absolute Gasteiger partial charge is 0.309 e. The zero-order valence-electron chi connectivity index (χ0n) is 12.1. The van der Waals surface area contributed by atoms with Crippen LogP contribution in [0.1, 0.15) is 56.9 Å². The Hall–Kier alpha value is -1.31. The van der Waals surface area contributed by atoms with Crippen molar-refractivity contribution in [2.24, 2.45) is 11.3 Å². The Morgan fingerprint density at radius 2 is 1.75 bits per heavy atom. The maximum absolute atomic E-state index is 12.5. The Labute approximate surface area is 121 Å². The zero-order valence-corrected chi connectivity index (χ0v) is 12.1. The van der Waals surface area contributed by atoms with Gasteiger partial charge < -0.3 is 4.74 Å². The lowest BCUT2D eigenvalue weighted by molar-refractivity contribution is -0.154. The molecule has 1 unspecified atom stereocenters. The van der Waals surface area contributed by atoms with Gasteiger partial charge in [0.25, 0.3) is 0 Å². The van der Waals surface area contributed by atoms with Crippen LogP contribution >= 0.6 is 0 Å². The molecule has 0 saturated heterocycles. The van der Waals surface area contributed by atoms with Gasteiger partial charge >= 0.3 is 5.97 Å². The molecule has 1 atom stereocenters. The van der Waals surface area contributed by atoms with Gasteiger partial charge in [0.15, 0.2) is 0 Å². The number of carbonyl (C=O) groups excluding carboxylic acids is 1. The fourth-order valence-corrected chi connectivity index (χ4v) is 4.19. The predicted octanol–water partition coefficient (Wildman–Crippen LogP) is 4.48. The molecule has 20 heavy (non-hydrogen) atoms. The van der Waals surface area contributed by atoms with E-state index in [0.29, 0.717) is 6.61 Å². The molecule has 1 spiro atoms. The molecule has 0 bridgehead atoms. The molecule has 108 valence electrons. The zero-order chi connectivity index (χ0) is 13.8. The lowest BCUT2D eigenvalue weighted by Gasteiger charge is -2.37. The van der Waals surface area contributed by atoms with E-state index in [1.165, 1.54) is 44.9 Å². The van der Waals surface area contributed by atoms with Crippen molar-refractivity contribution in [3.05, 3.63) is 35.9 Å². The summed E-state index contributed by atoms with van der Waals surface area (Å²) in [6.07, 6.45) is 9.87. The number of esters is 1. The second-order valence-corrected chi connectivity index (χ2v) is 6.46. The number of benzene rings is 1. The van der Waals surface area contributed by atoms with Gasteiger partial charge in [0.2, 0.25) is 0 Å². The number of hydrogen-bond donors (Lipinski definition) is 0. The number of ether oxygens (including phenoxy) is 1. The van der Waals surface area contributed by atoms with Crippen LogP contribution in [0.5, 0.6) is 0 Å². The Morgan fingerprint density at radius 3 is 2.50 bits per heavy atom. The third-order valence-corrected chi connectivity index (χ3v) is 5.26. The summed E-state index contributed by atoms with van der Waals surface area (Å²) in [5.74, 6) is 0.208. The van der Waals surface area contributed by atoms with Gasteiger partial charge in [-0.15, -0.1) is 0 Å². The van der Waals surface area contributed by atoms with Crippen LogP contribution in [-0.4, -0.2) is 5.97 Å². The van der Waals surface area contributed by atoms with Crippen molar-refractivity contribution < 1.29 is 9.53 Å². The van der Waals surface area contributed by atoms with E-state index in [4.69, 9.17) is 4.74 Å². The first kappa shape index (κ1) is 13.7. The average Bonchev–Trinajstić information content (AvgIpc) is 2.90. The van der Waals surface area contributed by atoms with Crippen molar-refractivity contribution in [3.63, 3.8) is 0 Å². The van der Waals surface area contributed by atoms with Crippen molar-refractivity contribution in [3.8, 4) is 0 Å². The second-order valence-electron chi connectivity index (χ2n) is 6.46. The molecule has 2 nitrogen and oxygen atoms in total. The number of hydrogen-bond acceptors (Lipinski definition) is 2. The summed E-state index contributed by atoms with van der Waals surface area (Å²) >= 11 is 0. The van der Waals surface area contributed by atoms with Gasteiger partial charge in [0.05, 0.1) is 5.92 Å². The topological polar surface area (TPSA) is 26.3 Å². The minimum absolute atomic E-state index is 0.0493. The van der Waals surface area contributed by atoms with Crippen LogP contribution in [-0.2, 0) is 16.1 Å². The van der Waals surface area contributed by atoms with Crippen molar-refractivity contribution in [2.75, 3.05) is 0 Å². The molecule has 0 amide bonds. The van der Waals surface area contributed by atoms with E-state index in [1.807, 2.05) is 30.3 Å². The molecule has 2 fully saturated rings. The highest BCUT2D eigenvalue weighted by atomic mass is 16.5. The van der Waals surface area contributed by atoms with Crippen LogP contribution < -0.4 is 0 Å². The third-order valence-electron chi connectivity index (χ3n) is 5.26. The molecule has 0 heterocycles. The number of carbonyl (C=O) groups is 1. The third kappa shape index (κ3) is 2.74. The highest BCUT2D eigenvalue weighted by Gasteiger charge is 2.47. The molecule has 2 aliphatic carbocycles. The summed E-state index contributed by atoms with van der Waals surface area (Å²) in [5.41, 5.74) is 1.36. The van der Waals surface area contributed by atoms with Crippen molar-refractivity contribution in [1.82, 2.24) is 0 Å². The van der Waals surface area contributed by atoms with Gasteiger partial charge in [0.1, 0.15) is 6.61 Å². The quantitative estimate of drug-likeness (QED) is 0.758. The standard InChI is InChI=1S/C18H24O2/c19-17(20-14-15-8-3-1-4-9-15)16-10-7-13-18(16)11-5-2-6-12-18/h1,3-4,8-9,16H,2,5-7,10-14H2. The summed E-state index contributed by atoms with van der Waals surface area (Å²) in [4.78, 5) is 12.5. The fraction of sp³-hybridized carbons (Fsp3) is 0.611. The predicted molar refractivity (Wildman–Crippen MR) is 79.1 cm³/mol. The summed E-state index contributed by atoms with van der Waals surface area (Å²) in [5, 5.41) is 0. The summed E-state index contributed by atoms with van der Waals surface area (Å²) < 4.78 is 5.60. The molecule has 3 rings (SSSR count). The van der Waals surface area contributed by atoms with E-state index in [0.717, 1.165) is 12.0 Å². The molecule has 0 radical (unpaired) electrons. The van der Waals surface area contributed by atoms with Gasteiger partial charge in [-0.05, 0) is 36.7 Å². The van der Waals surface area contributed by atoms with E-state index in [9.17, 15) is 4.79 Å². The van der Waals surface area contributed by atoms with E-state index >= 15 is 0 Å². The molecular weight excluding hydrogens is 248 g/mol. The monoisotopic (exact) mass is 272 g/mol. The molecule has 2 saturated carbocycles. The maximum Gasteiger partial charge on any atom is 0.309 e. The molecule has 1 aromatic carbocycles. The number of rotatable bonds is 3. The van der Waals surface area contributed by atoms with Crippen molar-refractivity contribution in [1.29, 1.82) is 0 Å². The highest BCUT2D eigenvalue weighted by molar-refractivity contribution is 5.74. The van der Waals surface area contributed by atoms with E-state index in [1.54, 1.807) is 0 Å². The van der Waals surface area contributed by atoms with Crippen LogP contribution in [0.4, 0.5) is 0 Å². The van der Waals surface area contributed by atoms with Gasteiger partial charge in [-0.25, -0.2) is 0 Å². The molecule has 0 aromatic heterocycles. The minimum Gasteiger partial charge on any atom is -0.461 e. The molecule has 2 aliphatic rings. The van der Waals surface area contributed by atoms with Crippen LogP contribution in [0.15, 0.2) is 30.3 Å². The molecule has 1 aromatic rings. The fourth-order valence-electron chi connectivity index (χ4n) is 4.19. The van der Waals surface area contributed by atoms with E-state index in [2.05, 4.69) is 0 Å². The maximum atomic E-state index is 12.5. The SMILES string of the molecule is O=C(OCc1ccccc1)C1CCCC12CCCCC2. The van der Waals surface area contributed by atoms with Gasteiger partial charge in [0, 0.05) is 0 Å². The molecule has 0 aliphatic heterocycles.